The third-order valence-electron chi connectivity index (χ3n) is 5.92. The third kappa shape index (κ3) is 3.11. The van der Waals surface area contributed by atoms with Gasteiger partial charge < -0.3 is 4.98 Å². The maximum atomic E-state index is 11.9. The van der Waals surface area contributed by atoms with Crippen molar-refractivity contribution < 1.29 is 0 Å². The van der Waals surface area contributed by atoms with E-state index in [1.54, 1.807) is 6.07 Å². The van der Waals surface area contributed by atoms with Crippen molar-refractivity contribution in [2.75, 3.05) is 0 Å². The van der Waals surface area contributed by atoms with Gasteiger partial charge in [-0.15, -0.1) is 0 Å². The van der Waals surface area contributed by atoms with E-state index in [-0.39, 0.29) is 5.56 Å². The Bertz CT molecular complexity index is 1080. The van der Waals surface area contributed by atoms with E-state index in [0.29, 0.717) is 5.92 Å². The molecule has 0 amide bonds. The summed E-state index contributed by atoms with van der Waals surface area (Å²) in [6, 6.07) is 11.9. The predicted octanol–water partition coefficient (Wildman–Crippen LogP) is 5.13. The molecule has 2 bridgehead atoms. The summed E-state index contributed by atoms with van der Waals surface area (Å²) in [7, 11) is 0. The molecule has 0 fully saturated rings. The number of nitrogens with zero attached hydrogens (tertiary/aromatic N) is 1. The molecule has 0 aliphatic heterocycles. The molecule has 1 heterocycles. The van der Waals surface area contributed by atoms with Gasteiger partial charge in [-0.3, -0.25) is 9.79 Å². The average Bonchev–Trinajstić information content (AvgIpc) is 2.65. The summed E-state index contributed by atoms with van der Waals surface area (Å²) < 4.78 is 0. The Morgan fingerprint density at radius 1 is 1.18 bits per heavy atom. The van der Waals surface area contributed by atoms with Gasteiger partial charge in [0.1, 0.15) is 5.54 Å². The summed E-state index contributed by atoms with van der Waals surface area (Å²) in [6.45, 7) is 6.39. The largest absolute Gasteiger partial charge is 0.326 e. The Hall–Kier alpha value is -2.94. The number of hydrogen-bond acceptors (Lipinski definition) is 2. The van der Waals surface area contributed by atoms with Gasteiger partial charge in [-0.25, -0.2) is 0 Å². The van der Waals surface area contributed by atoms with Crippen LogP contribution in [0.15, 0.2) is 75.6 Å². The summed E-state index contributed by atoms with van der Waals surface area (Å²) in [4.78, 5) is 20.1. The number of allylic oxidation sites excluding steroid dienone is 3. The van der Waals surface area contributed by atoms with Crippen molar-refractivity contribution >= 4 is 12.3 Å². The Labute approximate surface area is 166 Å². The third-order valence-corrected chi connectivity index (χ3v) is 5.92. The zero-order valence-electron chi connectivity index (χ0n) is 16.7. The fourth-order valence-electron chi connectivity index (χ4n) is 4.74. The molecule has 2 aliphatic rings. The van der Waals surface area contributed by atoms with Crippen molar-refractivity contribution in [3.8, 4) is 0 Å². The molecule has 0 unspecified atom stereocenters. The van der Waals surface area contributed by atoms with Crippen LogP contribution in [0, 0.1) is 12.8 Å². The molecule has 3 heteroatoms. The van der Waals surface area contributed by atoms with E-state index in [9.17, 15) is 4.79 Å². The Kier molecular flexibility index (Phi) is 4.76. The second-order valence-corrected chi connectivity index (χ2v) is 7.81. The van der Waals surface area contributed by atoms with Gasteiger partial charge in [0.2, 0.25) is 5.56 Å². The average molecular weight is 370 g/mol. The van der Waals surface area contributed by atoms with Crippen LogP contribution in [0.4, 0.5) is 0 Å². The minimum Gasteiger partial charge on any atom is -0.326 e. The van der Waals surface area contributed by atoms with Gasteiger partial charge >= 0.3 is 0 Å². The Balaban J connectivity index is 1.78. The minimum atomic E-state index is -0.424. The molecule has 142 valence electrons. The molecular weight excluding hydrogens is 344 g/mol. The van der Waals surface area contributed by atoms with E-state index in [1.807, 2.05) is 24.4 Å². The van der Waals surface area contributed by atoms with Crippen LogP contribution < -0.4 is 5.56 Å². The zero-order chi connectivity index (χ0) is 19.7. The van der Waals surface area contributed by atoms with E-state index in [2.05, 4.69) is 62.2 Å². The number of aromatic amines is 1. The number of rotatable bonds is 3. The Morgan fingerprint density at radius 3 is 2.79 bits per heavy atom. The van der Waals surface area contributed by atoms with Crippen LogP contribution in [0.5, 0.6) is 0 Å². The highest BCUT2D eigenvalue weighted by atomic mass is 16.1. The SMILES string of the molecule is C/C=C1\[C@H]2C=C(C)C[C@]1(N=CC=Cc1ccccc1C)c1ccc(=O)[nH]c1C2. The maximum Gasteiger partial charge on any atom is 0.248 e. The highest BCUT2D eigenvalue weighted by Crippen LogP contribution is 2.51. The van der Waals surface area contributed by atoms with Gasteiger partial charge in [0, 0.05) is 35.9 Å². The fraction of sp³-hybridized carbons (Fsp3) is 0.280. The summed E-state index contributed by atoms with van der Waals surface area (Å²) >= 11 is 0. The number of aromatic nitrogens is 1. The highest BCUT2D eigenvalue weighted by Gasteiger charge is 2.46. The predicted molar refractivity (Wildman–Crippen MR) is 117 cm³/mol. The number of pyridine rings is 1. The van der Waals surface area contributed by atoms with E-state index < -0.39 is 5.54 Å². The van der Waals surface area contributed by atoms with Crippen molar-refractivity contribution in [3.05, 3.63) is 98.5 Å². The summed E-state index contributed by atoms with van der Waals surface area (Å²) in [6.07, 6.45) is 12.3. The molecule has 4 rings (SSSR count). The van der Waals surface area contributed by atoms with Gasteiger partial charge in [-0.2, -0.15) is 0 Å². The first-order valence-electron chi connectivity index (χ1n) is 9.87. The van der Waals surface area contributed by atoms with E-state index >= 15 is 0 Å². The van der Waals surface area contributed by atoms with Crippen molar-refractivity contribution in [3.63, 3.8) is 0 Å². The smallest absolute Gasteiger partial charge is 0.248 e. The molecule has 2 aliphatic carbocycles. The number of benzene rings is 1. The lowest BCUT2D eigenvalue weighted by atomic mass is 9.63. The second kappa shape index (κ2) is 7.23. The lowest BCUT2D eigenvalue weighted by Gasteiger charge is -2.45. The molecule has 2 aromatic rings. The lowest BCUT2D eigenvalue weighted by Crippen LogP contribution is -2.40. The van der Waals surface area contributed by atoms with Crippen molar-refractivity contribution in [2.24, 2.45) is 10.9 Å². The lowest BCUT2D eigenvalue weighted by molar-refractivity contribution is 0.413. The standard InChI is InChI=1S/C25H26N2O/c1-4-21-20-14-17(2)16-25(21,22-11-12-24(28)27-23(22)15-20)26-13-7-10-19-9-6-5-8-18(19)3/h4-14,20H,15-16H2,1-3H3,(H,27,28)/b10-7?,21-4+,26-13?/t20-,25+/m0/s1. The normalized spacial score (nSPS) is 25.3. The molecule has 0 saturated heterocycles. The zero-order valence-corrected chi connectivity index (χ0v) is 16.7. The number of hydrogen-bond donors (Lipinski definition) is 1. The second-order valence-electron chi connectivity index (χ2n) is 7.81. The van der Waals surface area contributed by atoms with Crippen molar-refractivity contribution in [1.29, 1.82) is 0 Å². The monoisotopic (exact) mass is 370 g/mol. The topological polar surface area (TPSA) is 45.2 Å². The van der Waals surface area contributed by atoms with Gasteiger partial charge in [0.05, 0.1) is 0 Å². The fourth-order valence-corrected chi connectivity index (χ4v) is 4.74. The minimum absolute atomic E-state index is 0.0416. The number of aryl methyl sites for hydroxylation is 1. The molecule has 28 heavy (non-hydrogen) atoms. The van der Waals surface area contributed by atoms with E-state index in [0.717, 1.165) is 24.1 Å². The Morgan fingerprint density at radius 2 is 2.00 bits per heavy atom. The summed E-state index contributed by atoms with van der Waals surface area (Å²) in [5.41, 5.74) is 6.81. The first-order valence-corrected chi connectivity index (χ1v) is 9.87. The molecule has 2 atom stereocenters. The van der Waals surface area contributed by atoms with Gasteiger partial charge in [0.15, 0.2) is 0 Å². The van der Waals surface area contributed by atoms with Crippen LogP contribution in [0.25, 0.3) is 6.08 Å². The molecule has 1 aromatic heterocycles. The molecule has 0 radical (unpaired) electrons. The number of H-pyrrole nitrogens is 1. The van der Waals surface area contributed by atoms with Crippen LogP contribution in [0.2, 0.25) is 0 Å². The number of nitrogens with one attached hydrogen (secondary N) is 1. The number of fused-ring (bicyclic) bond motifs is 4. The molecular formula is C25H26N2O. The maximum absolute atomic E-state index is 11.9. The van der Waals surface area contributed by atoms with Gasteiger partial charge in [-0.05, 0) is 56.0 Å². The van der Waals surface area contributed by atoms with Crippen molar-refractivity contribution in [2.45, 2.75) is 39.2 Å². The molecule has 1 N–H and O–H groups in total. The highest BCUT2D eigenvalue weighted by molar-refractivity contribution is 5.79. The van der Waals surface area contributed by atoms with Crippen LogP contribution in [-0.2, 0) is 12.0 Å². The molecule has 0 saturated carbocycles. The summed E-state index contributed by atoms with van der Waals surface area (Å²) in [5, 5.41) is 0. The summed E-state index contributed by atoms with van der Waals surface area (Å²) in [5.74, 6) is 0.293. The quantitative estimate of drug-likeness (QED) is 0.591. The van der Waals surface area contributed by atoms with Crippen LogP contribution in [0.1, 0.15) is 42.7 Å². The van der Waals surface area contributed by atoms with Crippen LogP contribution in [0.3, 0.4) is 0 Å². The first kappa shape index (κ1) is 18.4. The van der Waals surface area contributed by atoms with Gasteiger partial charge in [0.25, 0.3) is 0 Å². The molecule has 1 aromatic carbocycles. The van der Waals surface area contributed by atoms with E-state index in [4.69, 9.17) is 4.99 Å². The number of aliphatic imine (C=N–C) groups is 1. The van der Waals surface area contributed by atoms with Crippen LogP contribution >= 0.6 is 0 Å². The van der Waals surface area contributed by atoms with Crippen molar-refractivity contribution in [1.82, 2.24) is 4.98 Å². The first-order chi connectivity index (χ1) is 13.5. The van der Waals surface area contributed by atoms with E-state index in [1.165, 1.54) is 22.3 Å². The van der Waals surface area contributed by atoms with Crippen LogP contribution in [-0.4, -0.2) is 11.2 Å². The molecule has 3 nitrogen and oxygen atoms in total. The van der Waals surface area contributed by atoms with Gasteiger partial charge in [-0.1, -0.05) is 48.1 Å². The molecule has 0 spiro atoms.